The van der Waals surface area contributed by atoms with E-state index in [2.05, 4.69) is 15.5 Å². The van der Waals surface area contributed by atoms with Crippen molar-refractivity contribution in [2.45, 2.75) is 20.4 Å². The van der Waals surface area contributed by atoms with Gasteiger partial charge in [0.15, 0.2) is 0 Å². The van der Waals surface area contributed by atoms with Gasteiger partial charge in [0.25, 0.3) is 0 Å². The molecule has 2 N–H and O–H groups in total. The molecule has 1 aromatic heterocycles. The minimum atomic E-state index is -0.209. The first-order valence-electron chi connectivity index (χ1n) is 5.16. The molecule has 3 nitrogen and oxygen atoms in total. The number of aromatic nitrogens is 2. The lowest BCUT2D eigenvalue weighted by atomic mass is 10.2. The monoisotopic (exact) mass is 219 g/mol. The van der Waals surface area contributed by atoms with E-state index in [0.29, 0.717) is 6.54 Å². The molecule has 0 fully saturated rings. The van der Waals surface area contributed by atoms with E-state index in [4.69, 9.17) is 0 Å². The summed E-state index contributed by atoms with van der Waals surface area (Å²) in [6.45, 7) is 4.57. The van der Waals surface area contributed by atoms with Crippen molar-refractivity contribution >= 4 is 5.69 Å². The molecular weight excluding hydrogens is 205 g/mol. The number of hydrogen-bond acceptors (Lipinski definition) is 2. The van der Waals surface area contributed by atoms with Gasteiger partial charge in [-0.15, -0.1) is 0 Å². The molecule has 84 valence electrons. The smallest absolute Gasteiger partial charge is 0.123 e. The maximum absolute atomic E-state index is 12.7. The minimum absolute atomic E-state index is 0.209. The molecule has 0 radical (unpaired) electrons. The van der Waals surface area contributed by atoms with Crippen molar-refractivity contribution in [2.75, 3.05) is 5.32 Å². The average molecular weight is 219 g/mol. The Hall–Kier alpha value is -1.84. The first-order valence-corrected chi connectivity index (χ1v) is 5.16. The van der Waals surface area contributed by atoms with Crippen LogP contribution in [0.5, 0.6) is 0 Å². The quantitative estimate of drug-likeness (QED) is 0.833. The molecule has 1 heterocycles. The van der Waals surface area contributed by atoms with Crippen LogP contribution in [0.25, 0.3) is 0 Å². The third-order valence-corrected chi connectivity index (χ3v) is 2.51. The predicted octanol–water partition coefficient (Wildman–Crippen LogP) is 2.78. The summed E-state index contributed by atoms with van der Waals surface area (Å²) in [6.07, 6.45) is 0. The number of rotatable bonds is 3. The van der Waals surface area contributed by atoms with Crippen LogP contribution in [0.4, 0.5) is 10.1 Å². The molecule has 0 aliphatic carbocycles. The Morgan fingerprint density at radius 3 is 2.50 bits per heavy atom. The number of hydrogen-bond donors (Lipinski definition) is 2. The summed E-state index contributed by atoms with van der Waals surface area (Å²) in [5, 5.41) is 10.3. The molecule has 16 heavy (non-hydrogen) atoms. The number of nitrogens with one attached hydrogen (secondary N) is 2. The molecule has 0 saturated heterocycles. The molecule has 4 heteroatoms. The van der Waals surface area contributed by atoms with Crippen molar-refractivity contribution in [3.8, 4) is 0 Å². The first kappa shape index (κ1) is 10.7. The number of anilines is 1. The third-order valence-electron chi connectivity index (χ3n) is 2.51. The fraction of sp³-hybridized carbons (Fsp3) is 0.250. The molecule has 0 atom stereocenters. The Bertz CT molecular complexity index is 454. The van der Waals surface area contributed by atoms with Gasteiger partial charge in [0.05, 0.1) is 17.1 Å². The Morgan fingerprint density at radius 2 is 1.94 bits per heavy atom. The summed E-state index contributed by atoms with van der Waals surface area (Å²) in [4.78, 5) is 0. The molecule has 0 aliphatic heterocycles. The van der Waals surface area contributed by atoms with E-state index in [9.17, 15) is 4.39 Å². The molecule has 0 amide bonds. The summed E-state index contributed by atoms with van der Waals surface area (Å²) < 4.78 is 12.7. The maximum atomic E-state index is 12.7. The van der Waals surface area contributed by atoms with Gasteiger partial charge in [-0.3, -0.25) is 5.10 Å². The van der Waals surface area contributed by atoms with Gasteiger partial charge in [-0.2, -0.15) is 5.10 Å². The number of H-pyrrole nitrogens is 1. The fourth-order valence-corrected chi connectivity index (χ4v) is 1.60. The van der Waals surface area contributed by atoms with E-state index in [1.54, 1.807) is 12.1 Å². The summed E-state index contributed by atoms with van der Waals surface area (Å²) in [5.41, 5.74) is 4.02. The normalized spacial score (nSPS) is 10.4. The zero-order chi connectivity index (χ0) is 11.5. The molecule has 2 aromatic rings. The Balaban J connectivity index is 2.05. The Kier molecular flexibility index (Phi) is 2.90. The van der Waals surface area contributed by atoms with E-state index < -0.39 is 0 Å². The van der Waals surface area contributed by atoms with E-state index in [-0.39, 0.29) is 5.82 Å². The molecule has 0 spiro atoms. The lowest BCUT2D eigenvalue weighted by molar-refractivity contribution is 0.627. The van der Waals surface area contributed by atoms with Gasteiger partial charge in [-0.05, 0) is 31.5 Å². The highest BCUT2D eigenvalue weighted by atomic mass is 19.1. The Labute approximate surface area is 93.7 Å². The maximum Gasteiger partial charge on any atom is 0.123 e. The van der Waals surface area contributed by atoms with Crippen LogP contribution in [0.2, 0.25) is 0 Å². The second kappa shape index (κ2) is 4.35. The standard InChI is InChI=1S/C12H14FN3/c1-8-12(9(2)16-15-8)14-7-10-3-5-11(13)6-4-10/h3-6,14H,7H2,1-2H3,(H,15,16). The molecule has 1 aromatic carbocycles. The topological polar surface area (TPSA) is 40.7 Å². The van der Waals surface area contributed by atoms with Gasteiger partial charge in [0.1, 0.15) is 5.82 Å². The molecule has 0 unspecified atom stereocenters. The van der Waals surface area contributed by atoms with Gasteiger partial charge in [0, 0.05) is 6.54 Å². The molecule has 0 aliphatic rings. The van der Waals surface area contributed by atoms with Crippen LogP contribution in [-0.4, -0.2) is 10.2 Å². The van der Waals surface area contributed by atoms with E-state index in [0.717, 1.165) is 22.6 Å². The largest absolute Gasteiger partial charge is 0.378 e. The van der Waals surface area contributed by atoms with Crippen molar-refractivity contribution in [1.82, 2.24) is 10.2 Å². The number of aryl methyl sites for hydroxylation is 2. The first-order chi connectivity index (χ1) is 7.66. The highest BCUT2D eigenvalue weighted by Crippen LogP contribution is 2.17. The van der Waals surface area contributed by atoms with E-state index in [1.807, 2.05) is 13.8 Å². The van der Waals surface area contributed by atoms with Crippen LogP contribution in [0.3, 0.4) is 0 Å². The molecule has 0 saturated carbocycles. The average Bonchev–Trinajstić information content (AvgIpc) is 2.59. The third kappa shape index (κ3) is 2.21. The van der Waals surface area contributed by atoms with Crippen molar-refractivity contribution in [3.05, 3.63) is 47.0 Å². The van der Waals surface area contributed by atoms with Gasteiger partial charge in [-0.25, -0.2) is 4.39 Å². The van der Waals surface area contributed by atoms with Crippen LogP contribution >= 0.6 is 0 Å². The Morgan fingerprint density at radius 1 is 1.25 bits per heavy atom. The van der Waals surface area contributed by atoms with Crippen LogP contribution in [-0.2, 0) is 6.54 Å². The lowest BCUT2D eigenvalue weighted by Crippen LogP contribution is -2.01. The van der Waals surface area contributed by atoms with Crippen molar-refractivity contribution in [1.29, 1.82) is 0 Å². The van der Waals surface area contributed by atoms with Gasteiger partial charge < -0.3 is 5.32 Å². The van der Waals surface area contributed by atoms with Crippen LogP contribution in [0.15, 0.2) is 24.3 Å². The van der Waals surface area contributed by atoms with Gasteiger partial charge in [0.2, 0.25) is 0 Å². The summed E-state index contributed by atoms with van der Waals surface area (Å²) in [5.74, 6) is -0.209. The second-order valence-corrected chi connectivity index (χ2v) is 3.79. The number of nitrogens with zero attached hydrogens (tertiary/aromatic N) is 1. The molecular formula is C12H14FN3. The van der Waals surface area contributed by atoms with Crippen molar-refractivity contribution < 1.29 is 4.39 Å². The van der Waals surface area contributed by atoms with Crippen LogP contribution in [0.1, 0.15) is 17.0 Å². The van der Waals surface area contributed by atoms with Gasteiger partial charge >= 0.3 is 0 Å². The number of benzene rings is 1. The van der Waals surface area contributed by atoms with E-state index >= 15 is 0 Å². The van der Waals surface area contributed by atoms with Gasteiger partial charge in [-0.1, -0.05) is 12.1 Å². The lowest BCUT2D eigenvalue weighted by Gasteiger charge is -2.06. The summed E-state index contributed by atoms with van der Waals surface area (Å²) in [7, 11) is 0. The predicted molar refractivity (Wildman–Crippen MR) is 61.8 cm³/mol. The SMILES string of the molecule is Cc1n[nH]c(C)c1NCc1ccc(F)cc1. The molecule has 2 rings (SSSR count). The summed E-state index contributed by atoms with van der Waals surface area (Å²) in [6, 6.07) is 6.47. The summed E-state index contributed by atoms with van der Waals surface area (Å²) >= 11 is 0. The fourth-order valence-electron chi connectivity index (χ4n) is 1.60. The minimum Gasteiger partial charge on any atom is -0.378 e. The van der Waals surface area contributed by atoms with Crippen molar-refractivity contribution in [3.63, 3.8) is 0 Å². The van der Waals surface area contributed by atoms with Crippen LogP contribution < -0.4 is 5.32 Å². The zero-order valence-electron chi connectivity index (χ0n) is 9.34. The second-order valence-electron chi connectivity index (χ2n) is 3.79. The highest BCUT2D eigenvalue weighted by molar-refractivity contribution is 5.51. The highest BCUT2D eigenvalue weighted by Gasteiger charge is 2.04. The number of aromatic amines is 1. The van der Waals surface area contributed by atoms with Crippen molar-refractivity contribution in [2.24, 2.45) is 0 Å². The zero-order valence-corrected chi connectivity index (χ0v) is 9.34. The van der Waals surface area contributed by atoms with E-state index in [1.165, 1.54) is 12.1 Å². The number of halogens is 1. The molecule has 0 bridgehead atoms. The van der Waals surface area contributed by atoms with Crippen LogP contribution in [0, 0.1) is 19.7 Å².